The predicted molar refractivity (Wildman–Crippen MR) is 116 cm³/mol. The zero-order valence-electron chi connectivity index (χ0n) is 17.2. The molecule has 1 atom stereocenters. The molecule has 28 heavy (non-hydrogen) atoms. The Kier molecular flexibility index (Phi) is 5.63. The first-order chi connectivity index (χ1) is 13.6. The number of aromatic nitrogens is 1. The number of hydrogen-bond donors (Lipinski definition) is 0. The molecule has 1 aliphatic heterocycles. The molecule has 2 heterocycles. The highest BCUT2D eigenvalue weighted by Gasteiger charge is 2.24. The summed E-state index contributed by atoms with van der Waals surface area (Å²) in [7, 11) is 0. The predicted octanol–water partition coefficient (Wildman–Crippen LogP) is 5.81. The van der Waals surface area contributed by atoms with Crippen LogP contribution in [-0.2, 0) is 13.1 Å². The molecule has 3 heteroatoms. The van der Waals surface area contributed by atoms with E-state index in [2.05, 4.69) is 74.2 Å². The van der Waals surface area contributed by atoms with E-state index in [0.717, 1.165) is 37.5 Å². The Morgan fingerprint density at radius 2 is 1.93 bits per heavy atom. The highest BCUT2D eigenvalue weighted by atomic mass is 16.5. The van der Waals surface area contributed by atoms with E-state index in [9.17, 15) is 0 Å². The van der Waals surface area contributed by atoms with Crippen molar-refractivity contribution in [1.82, 2.24) is 9.88 Å². The standard InChI is InChI=1S/C25H30N2O/c1-4-5-11-23-17-27(15-20-9-7-6-8-10-20)16-22-14-21-13-12-18(2)19(3)24(21)26-25(22)28-23/h6-10,12-14,23H,4-5,11,15-17H2,1-3H3/t23-/m1/s1. The summed E-state index contributed by atoms with van der Waals surface area (Å²) in [4.78, 5) is 7.50. The second-order valence-electron chi connectivity index (χ2n) is 8.07. The van der Waals surface area contributed by atoms with Gasteiger partial charge in [-0.1, -0.05) is 55.8 Å². The van der Waals surface area contributed by atoms with Crippen LogP contribution in [0.3, 0.4) is 0 Å². The molecule has 0 saturated carbocycles. The van der Waals surface area contributed by atoms with Gasteiger partial charge in [0.1, 0.15) is 6.10 Å². The highest BCUT2D eigenvalue weighted by Crippen LogP contribution is 2.31. The van der Waals surface area contributed by atoms with Crippen LogP contribution in [-0.4, -0.2) is 22.5 Å². The molecule has 0 fully saturated rings. The second kappa shape index (κ2) is 8.32. The molecule has 0 unspecified atom stereocenters. The lowest BCUT2D eigenvalue weighted by atomic mass is 10.0. The summed E-state index contributed by atoms with van der Waals surface area (Å²) in [5, 5.41) is 1.21. The van der Waals surface area contributed by atoms with E-state index in [4.69, 9.17) is 9.72 Å². The maximum Gasteiger partial charge on any atom is 0.218 e. The van der Waals surface area contributed by atoms with Crippen molar-refractivity contribution in [3.8, 4) is 5.88 Å². The Bertz CT molecular complexity index is 952. The van der Waals surface area contributed by atoms with Gasteiger partial charge in [-0.2, -0.15) is 0 Å². The van der Waals surface area contributed by atoms with Crippen molar-refractivity contribution >= 4 is 10.9 Å². The molecule has 0 amide bonds. The Labute approximate surface area is 168 Å². The Hall–Kier alpha value is -2.39. The van der Waals surface area contributed by atoms with Gasteiger partial charge in [0.05, 0.1) is 5.52 Å². The lowest BCUT2D eigenvalue weighted by Crippen LogP contribution is -2.32. The summed E-state index contributed by atoms with van der Waals surface area (Å²) < 4.78 is 6.48. The van der Waals surface area contributed by atoms with Gasteiger partial charge >= 0.3 is 0 Å². The third-order valence-electron chi connectivity index (χ3n) is 5.81. The van der Waals surface area contributed by atoms with Gasteiger partial charge in [-0.05, 0) is 49.4 Å². The summed E-state index contributed by atoms with van der Waals surface area (Å²) in [6.45, 7) is 9.31. The number of ether oxygens (including phenoxy) is 1. The van der Waals surface area contributed by atoms with Crippen molar-refractivity contribution in [1.29, 1.82) is 0 Å². The first kappa shape index (κ1) is 18.9. The molecule has 0 saturated heterocycles. The molecule has 1 aliphatic rings. The van der Waals surface area contributed by atoms with E-state index in [-0.39, 0.29) is 6.10 Å². The zero-order chi connectivity index (χ0) is 19.5. The van der Waals surface area contributed by atoms with Gasteiger partial charge in [-0.3, -0.25) is 4.90 Å². The Morgan fingerprint density at radius 3 is 2.71 bits per heavy atom. The SMILES string of the molecule is CCCC[C@@H]1CN(Cc2ccccc2)Cc2cc3ccc(C)c(C)c3nc2O1. The van der Waals surface area contributed by atoms with E-state index in [1.54, 1.807) is 0 Å². The fraction of sp³-hybridized carbons (Fsp3) is 0.400. The highest BCUT2D eigenvalue weighted by molar-refractivity contribution is 5.84. The van der Waals surface area contributed by atoms with Gasteiger partial charge in [0.15, 0.2) is 0 Å². The van der Waals surface area contributed by atoms with Gasteiger partial charge in [-0.15, -0.1) is 0 Å². The summed E-state index contributed by atoms with van der Waals surface area (Å²) >= 11 is 0. The van der Waals surface area contributed by atoms with Gasteiger partial charge in [-0.25, -0.2) is 4.98 Å². The van der Waals surface area contributed by atoms with Crippen molar-refractivity contribution in [3.63, 3.8) is 0 Å². The van der Waals surface area contributed by atoms with Crippen molar-refractivity contribution in [3.05, 3.63) is 70.8 Å². The number of rotatable bonds is 5. The number of hydrogen-bond acceptors (Lipinski definition) is 3. The van der Waals surface area contributed by atoms with Gasteiger partial charge in [0.25, 0.3) is 0 Å². The smallest absolute Gasteiger partial charge is 0.218 e. The summed E-state index contributed by atoms with van der Waals surface area (Å²) in [6, 6.07) is 17.4. The molecule has 3 aromatic rings. The van der Waals surface area contributed by atoms with Crippen LogP contribution < -0.4 is 4.74 Å². The summed E-state index contributed by atoms with van der Waals surface area (Å²) in [5.74, 6) is 0.831. The van der Waals surface area contributed by atoms with Crippen LogP contribution in [0.2, 0.25) is 0 Å². The molecule has 0 spiro atoms. The number of fused-ring (bicyclic) bond motifs is 2. The minimum absolute atomic E-state index is 0.194. The monoisotopic (exact) mass is 374 g/mol. The lowest BCUT2D eigenvalue weighted by molar-refractivity contribution is 0.130. The maximum absolute atomic E-state index is 6.48. The molecule has 0 aliphatic carbocycles. The van der Waals surface area contributed by atoms with Crippen molar-refractivity contribution in [2.45, 2.75) is 59.2 Å². The molecule has 0 N–H and O–H groups in total. The third-order valence-corrected chi connectivity index (χ3v) is 5.81. The Morgan fingerprint density at radius 1 is 1.11 bits per heavy atom. The fourth-order valence-corrected chi connectivity index (χ4v) is 4.06. The number of pyridine rings is 1. The molecule has 146 valence electrons. The zero-order valence-corrected chi connectivity index (χ0v) is 17.2. The number of unbranched alkanes of at least 4 members (excludes halogenated alkanes) is 1. The normalized spacial score (nSPS) is 17.2. The Balaban J connectivity index is 1.70. The summed E-state index contributed by atoms with van der Waals surface area (Å²) in [6.07, 6.45) is 3.65. The number of benzene rings is 2. The van der Waals surface area contributed by atoms with Crippen LogP contribution in [0, 0.1) is 13.8 Å². The van der Waals surface area contributed by atoms with Crippen LogP contribution in [0.4, 0.5) is 0 Å². The number of nitrogens with zero attached hydrogens (tertiary/aromatic N) is 2. The maximum atomic E-state index is 6.48. The van der Waals surface area contributed by atoms with Gasteiger partial charge < -0.3 is 4.74 Å². The van der Waals surface area contributed by atoms with Crippen LogP contribution in [0.1, 0.15) is 48.4 Å². The van der Waals surface area contributed by atoms with Gasteiger partial charge in [0.2, 0.25) is 5.88 Å². The van der Waals surface area contributed by atoms with Gasteiger partial charge in [0, 0.05) is 30.6 Å². The van der Waals surface area contributed by atoms with Crippen molar-refractivity contribution in [2.75, 3.05) is 6.54 Å². The average molecular weight is 375 g/mol. The minimum atomic E-state index is 0.194. The first-order valence-corrected chi connectivity index (χ1v) is 10.5. The van der Waals surface area contributed by atoms with E-state index in [1.807, 2.05) is 0 Å². The minimum Gasteiger partial charge on any atom is -0.473 e. The first-order valence-electron chi connectivity index (χ1n) is 10.5. The largest absolute Gasteiger partial charge is 0.473 e. The molecule has 0 bridgehead atoms. The molecular formula is C25H30N2O. The average Bonchev–Trinajstić information content (AvgIpc) is 2.87. The fourth-order valence-electron chi connectivity index (χ4n) is 4.06. The van der Waals surface area contributed by atoms with E-state index in [0.29, 0.717) is 0 Å². The molecule has 1 aromatic heterocycles. The van der Waals surface area contributed by atoms with E-state index >= 15 is 0 Å². The molecule has 4 rings (SSSR count). The molecule has 2 aromatic carbocycles. The molecular weight excluding hydrogens is 344 g/mol. The lowest BCUT2D eigenvalue weighted by Gasteiger charge is -2.23. The molecule has 0 radical (unpaired) electrons. The molecule has 3 nitrogen and oxygen atoms in total. The van der Waals surface area contributed by atoms with Crippen molar-refractivity contribution < 1.29 is 4.74 Å². The quantitative estimate of drug-likeness (QED) is 0.564. The van der Waals surface area contributed by atoms with E-state index < -0.39 is 0 Å². The van der Waals surface area contributed by atoms with Crippen LogP contribution in [0.5, 0.6) is 5.88 Å². The summed E-state index contributed by atoms with van der Waals surface area (Å²) in [5.41, 5.74) is 6.15. The van der Waals surface area contributed by atoms with Crippen molar-refractivity contribution in [2.24, 2.45) is 0 Å². The topological polar surface area (TPSA) is 25.4 Å². The number of aryl methyl sites for hydroxylation is 2. The van der Waals surface area contributed by atoms with Crippen LogP contribution in [0.25, 0.3) is 10.9 Å². The second-order valence-corrected chi connectivity index (χ2v) is 8.07. The van der Waals surface area contributed by atoms with Crippen LogP contribution in [0.15, 0.2) is 48.5 Å². The third kappa shape index (κ3) is 4.05. The van der Waals surface area contributed by atoms with Crippen LogP contribution >= 0.6 is 0 Å². The van der Waals surface area contributed by atoms with E-state index in [1.165, 1.54) is 40.5 Å².